The molecule has 0 saturated heterocycles. The van der Waals surface area contributed by atoms with E-state index < -0.39 is 47.9 Å². The van der Waals surface area contributed by atoms with Crippen molar-refractivity contribution in [2.45, 2.75) is 71.1 Å². The quantitative estimate of drug-likeness (QED) is 0.282. The third-order valence-corrected chi connectivity index (χ3v) is 4.02. The van der Waals surface area contributed by atoms with Gasteiger partial charge in [-0.2, -0.15) is 0 Å². The lowest BCUT2D eigenvalue weighted by Crippen LogP contribution is -2.58. The number of nitrogens with one attached hydrogen (secondary N) is 3. The lowest BCUT2D eigenvalue weighted by Gasteiger charge is -2.27. The first-order chi connectivity index (χ1) is 12.5. The largest absolute Gasteiger partial charge is 0.481 e. The Kier molecular flexibility index (Phi) is 10.9. The second kappa shape index (κ2) is 12.0. The molecule has 0 spiro atoms. The van der Waals surface area contributed by atoms with Gasteiger partial charge in [-0.3, -0.25) is 24.0 Å². The molecule has 10 heteroatoms. The van der Waals surface area contributed by atoms with E-state index in [-0.39, 0.29) is 18.8 Å². The normalized spacial score (nSPS) is 16.2. The molecular weight excluding hydrogens is 356 g/mol. The third kappa shape index (κ3) is 9.13. The number of aliphatic carboxylic acids is 1. The Bertz CT molecular complexity index is 552. The maximum Gasteiger partial charge on any atom is 0.303 e. The maximum atomic E-state index is 12.6. The molecule has 3 amide bonds. The number of carbonyl (C=O) groups is 4. The Balaban J connectivity index is 5.31. The van der Waals surface area contributed by atoms with E-state index in [2.05, 4.69) is 16.0 Å². The highest BCUT2D eigenvalue weighted by atomic mass is 16.4. The van der Waals surface area contributed by atoms with Crippen molar-refractivity contribution in [1.29, 1.82) is 0 Å². The van der Waals surface area contributed by atoms with E-state index in [0.717, 1.165) is 0 Å². The van der Waals surface area contributed by atoms with Crippen molar-refractivity contribution in [2.24, 2.45) is 11.7 Å². The molecular formula is C17H29N4O6. The third-order valence-electron chi connectivity index (χ3n) is 4.02. The number of hydrogen-bond donors (Lipinski definition) is 5. The van der Waals surface area contributed by atoms with Crippen LogP contribution in [-0.4, -0.2) is 59.3 Å². The molecule has 0 aromatic rings. The zero-order valence-corrected chi connectivity index (χ0v) is 16.1. The number of amides is 3. The Morgan fingerprint density at radius 1 is 1.00 bits per heavy atom. The van der Waals surface area contributed by atoms with Gasteiger partial charge in [0.2, 0.25) is 24.0 Å². The molecule has 0 aliphatic heterocycles. The van der Waals surface area contributed by atoms with Crippen LogP contribution < -0.4 is 21.7 Å². The molecule has 0 fully saturated rings. The fourth-order valence-electron chi connectivity index (χ4n) is 2.13. The van der Waals surface area contributed by atoms with Gasteiger partial charge in [0.1, 0.15) is 12.1 Å². The number of hydrogen-bond acceptors (Lipinski definition) is 6. The van der Waals surface area contributed by atoms with E-state index >= 15 is 0 Å². The fraction of sp³-hybridized carbons (Fsp3) is 0.706. The van der Waals surface area contributed by atoms with Gasteiger partial charge in [-0.05, 0) is 26.2 Å². The zero-order valence-electron chi connectivity index (χ0n) is 16.1. The summed E-state index contributed by atoms with van der Waals surface area (Å²) in [5.74, 6) is -3.25. The summed E-state index contributed by atoms with van der Waals surface area (Å²) in [6, 6.07) is -3.85. The topological polar surface area (TPSA) is 168 Å². The van der Waals surface area contributed by atoms with E-state index in [1.54, 1.807) is 13.2 Å². The highest BCUT2D eigenvalue weighted by Crippen LogP contribution is 2.10. The summed E-state index contributed by atoms with van der Waals surface area (Å²) < 4.78 is 0. The Morgan fingerprint density at radius 2 is 1.59 bits per heavy atom. The van der Waals surface area contributed by atoms with Gasteiger partial charge in [0.05, 0.1) is 12.1 Å². The van der Waals surface area contributed by atoms with Crippen molar-refractivity contribution >= 4 is 30.0 Å². The average Bonchev–Trinajstić information content (AvgIpc) is 2.61. The highest BCUT2D eigenvalue weighted by molar-refractivity contribution is 5.93. The predicted molar refractivity (Wildman–Crippen MR) is 97.1 cm³/mol. The molecule has 0 bridgehead atoms. The molecule has 10 nitrogen and oxygen atoms in total. The van der Waals surface area contributed by atoms with E-state index in [0.29, 0.717) is 6.42 Å². The molecule has 5 atom stereocenters. The minimum absolute atomic E-state index is 0.174. The van der Waals surface area contributed by atoms with Gasteiger partial charge >= 0.3 is 5.97 Å². The molecule has 0 aliphatic carbocycles. The van der Waals surface area contributed by atoms with Gasteiger partial charge in [0, 0.05) is 6.42 Å². The van der Waals surface area contributed by atoms with E-state index in [1.807, 2.05) is 6.92 Å². The molecule has 0 aromatic carbocycles. The van der Waals surface area contributed by atoms with Crippen LogP contribution in [0.15, 0.2) is 0 Å². The average molecular weight is 385 g/mol. The number of nitrogens with two attached hydrogens (primary N) is 1. The van der Waals surface area contributed by atoms with Gasteiger partial charge in [-0.15, -0.1) is 0 Å². The van der Waals surface area contributed by atoms with Crippen LogP contribution in [0.2, 0.25) is 0 Å². The molecule has 27 heavy (non-hydrogen) atoms. The first-order valence-electron chi connectivity index (χ1n) is 8.79. The van der Waals surface area contributed by atoms with Crippen molar-refractivity contribution in [2.75, 3.05) is 0 Å². The summed E-state index contributed by atoms with van der Waals surface area (Å²) in [5.41, 5.74) is 5.52. The van der Waals surface area contributed by atoms with Gasteiger partial charge in [-0.25, -0.2) is 0 Å². The number of rotatable bonds is 12. The van der Waals surface area contributed by atoms with Crippen LogP contribution in [0.1, 0.15) is 47.0 Å². The zero-order chi connectivity index (χ0) is 21.1. The Labute approximate surface area is 158 Å². The van der Waals surface area contributed by atoms with Crippen LogP contribution in [0.3, 0.4) is 0 Å². The van der Waals surface area contributed by atoms with Crippen molar-refractivity contribution in [1.82, 2.24) is 16.0 Å². The summed E-state index contributed by atoms with van der Waals surface area (Å²) in [5, 5.41) is 16.2. The first kappa shape index (κ1) is 24.5. The van der Waals surface area contributed by atoms with Crippen molar-refractivity contribution in [3.05, 3.63) is 0 Å². The maximum absolute atomic E-state index is 12.6. The molecule has 153 valence electrons. The molecule has 0 heterocycles. The highest BCUT2D eigenvalue weighted by Gasteiger charge is 2.31. The molecule has 0 unspecified atom stereocenters. The molecule has 0 aromatic heterocycles. The predicted octanol–water partition coefficient (Wildman–Crippen LogP) is -1.17. The summed E-state index contributed by atoms with van der Waals surface area (Å²) in [6.07, 6.45) is 1.61. The van der Waals surface area contributed by atoms with Crippen LogP contribution in [0.4, 0.5) is 0 Å². The minimum atomic E-state index is -1.18. The van der Waals surface area contributed by atoms with Crippen LogP contribution in [-0.2, 0) is 24.0 Å². The van der Waals surface area contributed by atoms with Gasteiger partial charge in [0.25, 0.3) is 0 Å². The Hall–Kier alpha value is -2.49. The van der Waals surface area contributed by atoms with Crippen molar-refractivity contribution < 1.29 is 29.1 Å². The lowest BCUT2D eigenvalue weighted by atomic mass is 9.97. The summed E-state index contributed by atoms with van der Waals surface area (Å²) >= 11 is 0. The fourth-order valence-corrected chi connectivity index (χ4v) is 2.13. The number of carboxylic acids is 1. The van der Waals surface area contributed by atoms with Crippen molar-refractivity contribution in [3.63, 3.8) is 0 Å². The van der Waals surface area contributed by atoms with Crippen LogP contribution >= 0.6 is 0 Å². The number of carboxylic acid groups (broad SMARTS) is 1. The second-order valence-electron chi connectivity index (χ2n) is 6.50. The molecule has 0 saturated carbocycles. The smallest absolute Gasteiger partial charge is 0.303 e. The lowest BCUT2D eigenvalue weighted by molar-refractivity contribution is -0.138. The van der Waals surface area contributed by atoms with Crippen LogP contribution in [0.5, 0.6) is 0 Å². The van der Waals surface area contributed by atoms with Gasteiger partial charge in [-0.1, -0.05) is 20.3 Å². The van der Waals surface area contributed by atoms with Crippen molar-refractivity contribution in [3.8, 4) is 0 Å². The Morgan fingerprint density at radius 3 is 2.04 bits per heavy atom. The molecule has 0 rings (SSSR count). The minimum Gasteiger partial charge on any atom is -0.481 e. The van der Waals surface area contributed by atoms with Gasteiger partial charge in [0.15, 0.2) is 0 Å². The van der Waals surface area contributed by atoms with Gasteiger partial charge < -0.3 is 26.8 Å². The molecule has 6 N–H and O–H groups in total. The monoisotopic (exact) mass is 385 g/mol. The van der Waals surface area contributed by atoms with E-state index in [9.17, 15) is 24.0 Å². The molecule has 1 radical (unpaired) electrons. The number of carbonyl (C=O) groups excluding carboxylic acids is 4. The first-order valence-corrected chi connectivity index (χ1v) is 8.79. The van der Waals surface area contributed by atoms with E-state index in [1.165, 1.54) is 13.8 Å². The second-order valence-corrected chi connectivity index (χ2v) is 6.50. The standard InChI is InChI=1S/C17H29N4O6/c1-5-9(2)14(21-15(25)11(4)18)17(27)20-12(6-7-13(23)24)16(26)19-10(3)8-22/h9-12,14H,5-7,18H2,1-4H3,(H,19,26)(H,20,27)(H,21,25)(H,23,24)/t9-,10-,11-,12-,14-/m0/s1. The van der Waals surface area contributed by atoms with Crippen LogP contribution in [0.25, 0.3) is 0 Å². The van der Waals surface area contributed by atoms with E-state index in [4.69, 9.17) is 10.8 Å². The summed E-state index contributed by atoms with van der Waals surface area (Å²) in [4.78, 5) is 58.2. The van der Waals surface area contributed by atoms with Crippen LogP contribution in [0, 0.1) is 5.92 Å². The SMILES string of the molecule is CC[C@H](C)[C@H](NC(=O)[C@H](C)N)C(=O)N[C@@H](CCC(=O)O)C(=O)N[C@@H](C)[C]=O. The summed E-state index contributed by atoms with van der Waals surface area (Å²) in [7, 11) is 0. The summed E-state index contributed by atoms with van der Waals surface area (Å²) in [6.45, 7) is 6.45. The molecule has 0 aliphatic rings.